The van der Waals surface area contributed by atoms with Gasteiger partial charge in [-0.1, -0.05) is 134 Å². The van der Waals surface area contributed by atoms with E-state index in [1.807, 2.05) is 91.0 Å². The SMILES string of the molecule is OC(C#CC1CCCCC1)(c1cc(Cl)ccc1NC(c1ccccc1)(c1ccccc1)c1ccccc1)C(F)(F)F. The van der Waals surface area contributed by atoms with Crippen LogP contribution in [-0.4, -0.2) is 11.3 Å². The average Bonchev–Trinajstić information content (AvgIpc) is 3.00. The van der Waals surface area contributed by atoms with Gasteiger partial charge in [-0.15, -0.1) is 0 Å². The second-order valence-corrected chi connectivity index (χ2v) is 10.9. The van der Waals surface area contributed by atoms with Gasteiger partial charge in [0.25, 0.3) is 0 Å². The van der Waals surface area contributed by atoms with E-state index in [0.29, 0.717) is 0 Å². The van der Waals surface area contributed by atoms with Gasteiger partial charge in [0.05, 0.1) is 0 Å². The zero-order valence-electron chi connectivity index (χ0n) is 22.5. The van der Waals surface area contributed by atoms with Crippen LogP contribution in [0.5, 0.6) is 0 Å². The van der Waals surface area contributed by atoms with Crippen LogP contribution in [-0.2, 0) is 11.1 Å². The van der Waals surface area contributed by atoms with Crippen molar-refractivity contribution in [2.24, 2.45) is 5.92 Å². The predicted octanol–water partition coefficient (Wildman–Crippen LogP) is 9.08. The first-order chi connectivity index (χ1) is 19.7. The van der Waals surface area contributed by atoms with Crippen molar-refractivity contribution in [3.8, 4) is 11.8 Å². The molecule has 0 saturated heterocycles. The van der Waals surface area contributed by atoms with Gasteiger partial charge in [-0.25, -0.2) is 0 Å². The molecule has 0 aromatic heterocycles. The molecule has 210 valence electrons. The summed E-state index contributed by atoms with van der Waals surface area (Å²) < 4.78 is 44.5. The molecule has 0 bridgehead atoms. The normalized spacial score (nSPS) is 15.8. The summed E-state index contributed by atoms with van der Waals surface area (Å²) in [5.41, 5.74) is -2.49. The van der Waals surface area contributed by atoms with Crippen LogP contribution in [0.15, 0.2) is 109 Å². The fraction of sp³-hybridized carbons (Fsp3) is 0.257. The Labute approximate surface area is 244 Å². The largest absolute Gasteiger partial charge is 0.433 e. The van der Waals surface area contributed by atoms with Gasteiger partial charge in [-0.3, -0.25) is 0 Å². The van der Waals surface area contributed by atoms with Crippen molar-refractivity contribution in [1.82, 2.24) is 0 Å². The smallest absolute Gasteiger partial charge is 0.368 e. The molecule has 41 heavy (non-hydrogen) atoms. The van der Waals surface area contributed by atoms with Gasteiger partial charge in [0.2, 0.25) is 5.60 Å². The highest BCUT2D eigenvalue weighted by Crippen LogP contribution is 2.46. The molecular weight excluding hydrogens is 543 g/mol. The highest BCUT2D eigenvalue weighted by atomic mass is 35.5. The van der Waals surface area contributed by atoms with E-state index in [-0.39, 0.29) is 16.6 Å². The molecule has 0 spiro atoms. The van der Waals surface area contributed by atoms with Crippen molar-refractivity contribution >= 4 is 17.3 Å². The molecule has 0 aliphatic heterocycles. The summed E-state index contributed by atoms with van der Waals surface area (Å²) in [5.74, 6) is 4.87. The number of halogens is 4. The molecule has 1 saturated carbocycles. The molecule has 2 nitrogen and oxygen atoms in total. The van der Waals surface area contributed by atoms with Crippen LogP contribution in [0, 0.1) is 17.8 Å². The third-order valence-electron chi connectivity index (χ3n) is 7.79. The first-order valence-electron chi connectivity index (χ1n) is 13.8. The Balaban J connectivity index is 1.75. The fourth-order valence-corrected chi connectivity index (χ4v) is 5.82. The molecule has 0 amide bonds. The van der Waals surface area contributed by atoms with Crippen LogP contribution in [0.2, 0.25) is 5.02 Å². The first-order valence-corrected chi connectivity index (χ1v) is 14.2. The Kier molecular flexibility index (Phi) is 8.45. The summed E-state index contributed by atoms with van der Waals surface area (Å²) in [6.45, 7) is 0. The summed E-state index contributed by atoms with van der Waals surface area (Å²) in [6.07, 6.45) is -0.750. The second-order valence-electron chi connectivity index (χ2n) is 10.5. The molecule has 1 unspecified atom stereocenters. The zero-order chi connectivity index (χ0) is 28.9. The molecule has 0 radical (unpaired) electrons. The molecule has 1 aliphatic carbocycles. The van der Waals surface area contributed by atoms with E-state index in [1.165, 1.54) is 18.2 Å². The molecule has 1 atom stereocenters. The van der Waals surface area contributed by atoms with E-state index < -0.39 is 22.9 Å². The number of alkyl halides is 3. The molecule has 0 heterocycles. The standard InChI is InChI=1S/C35H31ClF3NO/c36-30-21-22-32(31(25-30)33(41,35(37,38)39)24-23-26-13-5-1-6-14-26)40-34(27-15-7-2-8-16-27,28-17-9-3-10-18-28)29-19-11-4-12-20-29/h2-4,7-12,15-22,25-26,40-41H,1,5-6,13-14H2. The maximum absolute atomic E-state index is 14.8. The molecule has 1 fully saturated rings. The van der Waals surface area contributed by atoms with E-state index in [2.05, 4.69) is 17.2 Å². The van der Waals surface area contributed by atoms with Crippen LogP contribution >= 0.6 is 11.6 Å². The number of benzene rings is 4. The maximum atomic E-state index is 14.8. The van der Waals surface area contributed by atoms with Crippen LogP contribution < -0.4 is 5.32 Å². The third kappa shape index (κ3) is 5.86. The second kappa shape index (κ2) is 12.0. The third-order valence-corrected chi connectivity index (χ3v) is 8.02. The monoisotopic (exact) mass is 573 g/mol. The van der Waals surface area contributed by atoms with Gasteiger partial charge in [0.1, 0.15) is 5.54 Å². The molecule has 2 N–H and O–H groups in total. The number of aliphatic hydroxyl groups is 1. The van der Waals surface area contributed by atoms with Crippen molar-refractivity contribution in [1.29, 1.82) is 0 Å². The quantitative estimate of drug-likeness (QED) is 0.178. The van der Waals surface area contributed by atoms with Crippen molar-refractivity contribution in [2.45, 2.75) is 49.4 Å². The Morgan fingerprint density at radius 2 is 1.20 bits per heavy atom. The van der Waals surface area contributed by atoms with Gasteiger partial charge >= 0.3 is 6.18 Å². The number of anilines is 1. The van der Waals surface area contributed by atoms with Crippen LogP contribution in [0.25, 0.3) is 0 Å². The lowest BCUT2D eigenvalue weighted by Gasteiger charge is -2.39. The van der Waals surface area contributed by atoms with Gasteiger partial charge in [0, 0.05) is 22.2 Å². The molecule has 4 aromatic carbocycles. The number of hydrogen-bond acceptors (Lipinski definition) is 2. The number of rotatable bonds is 6. The van der Waals surface area contributed by atoms with Gasteiger partial charge in [-0.2, -0.15) is 13.2 Å². The van der Waals surface area contributed by atoms with E-state index in [0.717, 1.165) is 48.8 Å². The maximum Gasteiger partial charge on any atom is 0.433 e. The fourth-order valence-electron chi connectivity index (χ4n) is 5.65. The van der Waals surface area contributed by atoms with Crippen LogP contribution in [0.4, 0.5) is 18.9 Å². The van der Waals surface area contributed by atoms with Crippen molar-refractivity contribution in [3.05, 3.63) is 136 Å². The summed E-state index contributed by atoms with van der Waals surface area (Å²) in [7, 11) is 0. The summed E-state index contributed by atoms with van der Waals surface area (Å²) >= 11 is 6.29. The molecule has 6 heteroatoms. The van der Waals surface area contributed by atoms with Crippen molar-refractivity contribution in [2.75, 3.05) is 5.32 Å². The minimum atomic E-state index is -5.08. The van der Waals surface area contributed by atoms with E-state index in [9.17, 15) is 18.3 Å². The minimum Gasteiger partial charge on any atom is -0.368 e. The molecule has 1 aliphatic rings. The lowest BCUT2D eigenvalue weighted by atomic mass is 9.76. The van der Waals surface area contributed by atoms with Gasteiger partial charge < -0.3 is 10.4 Å². The first kappa shape index (κ1) is 28.8. The molecule has 5 rings (SSSR count). The Hall–Kier alpha value is -3.72. The number of nitrogens with one attached hydrogen (secondary N) is 1. The Morgan fingerprint density at radius 1 is 0.707 bits per heavy atom. The lowest BCUT2D eigenvalue weighted by Crippen LogP contribution is -2.44. The van der Waals surface area contributed by atoms with E-state index >= 15 is 0 Å². The van der Waals surface area contributed by atoms with Crippen LogP contribution in [0.1, 0.15) is 54.4 Å². The summed E-state index contributed by atoms with van der Waals surface area (Å²) in [5, 5.41) is 15.0. The number of hydrogen-bond donors (Lipinski definition) is 2. The molecule has 4 aromatic rings. The van der Waals surface area contributed by atoms with E-state index in [4.69, 9.17) is 11.6 Å². The van der Waals surface area contributed by atoms with Crippen LogP contribution in [0.3, 0.4) is 0 Å². The highest BCUT2D eigenvalue weighted by Gasteiger charge is 2.56. The topological polar surface area (TPSA) is 32.3 Å². The minimum absolute atomic E-state index is 0.0671. The van der Waals surface area contributed by atoms with Crippen molar-refractivity contribution < 1.29 is 18.3 Å². The van der Waals surface area contributed by atoms with Crippen molar-refractivity contribution in [3.63, 3.8) is 0 Å². The van der Waals surface area contributed by atoms with Gasteiger partial charge in [-0.05, 0) is 47.7 Å². The average molecular weight is 574 g/mol. The highest BCUT2D eigenvalue weighted by molar-refractivity contribution is 6.30. The summed E-state index contributed by atoms with van der Waals surface area (Å²) in [6, 6.07) is 32.8. The van der Waals surface area contributed by atoms with Gasteiger partial charge in [0.15, 0.2) is 0 Å². The molecular formula is C35H31ClF3NO. The summed E-state index contributed by atoms with van der Waals surface area (Å²) in [4.78, 5) is 0. The predicted molar refractivity (Wildman–Crippen MR) is 159 cm³/mol. The lowest BCUT2D eigenvalue weighted by molar-refractivity contribution is -0.240. The Bertz CT molecular complexity index is 1410. The van der Waals surface area contributed by atoms with E-state index in [1.54, 1.807) is 0 Å². The zero-order valence-corrected chi connectivity index (χ0v) is 23.2. The Morgan fingerprint density at radius 3 is 1.66 bits per heavy atom.